The van der Waals surface area contributed by atoms with E-state index in [4.69, 9.17) is 4.42 Å². The fourth-order valence-corrected chi connectivity index (χ4v) is 3.18. The van der Waals surface area contributed by atoms with Crippen molar-refractivity contribution in [3.63, 3.8) is 0 Å². The Morgan fingerprint density at radius 3 is 2.96 bits per heavy atom. The summed E-state index contributed by atoms with van der Waals surface area (Å²) < 4.78 is 5.28. The lowest BCUT2D eigenvalue weighted by atomic mass is 10.0. The van der Waals surface area contributed by atoms with Gasteiger partial charge in [-0.25, -0.2) is 0 Å². The molecule has 1 saturated heterocycles. The molecule has 5 nitrogen and oxygen atoms in total. The van der Waals surface area contributed by atoms with Crippen LogP contribution in [0.1, 0.15) is 54.5 Å². The maximum absolute atomic E-state index is 12.8. The Balaban J connectivity index is 1.76. The van der Waals surface area contributed by atoms with E-state index < -0.39 is 6.10 Å². The number of carbonyl (C=O) groups excluding carboxylic acids is 1. The molecule has 2 unspecified atom stereocenters. The van der Waals surface area contributed by atoms with E-state index in [0.717, 1.165) is 25.7 Å². The summed E-state index contributed by atoms with van der Waals surface area (Å²) in [6, 6.07) is 8.91. The smallest absolute Gasteiger partial charge is 0.272 e. The van der Waals surface area contributed by atoms with E-state index in [9.17, 15) is 9.90 Å². The number of nitrogens with zero attached hydrogens (tertiary/aromatic N) is 2. The number of pyridine rings is 1. The minimum atomic E-state index is -0.688. The van der Waals surface area contributed by atoms with Crippen molar-refractivity contribution in [3.05, 3.63) is 54.2 Å². The zero-order valence-corrected chi connectivity index (χ0v) is 13.1. The highest BCUT2D eigenvalue weighted by Gasteiger charge is 2.29. The summed E-state index contributed by atoms with van der Waals surface area (Å²) in [5, 5.41) is 10.4. The lowest BCUT2D eigenvalue weighted by Gasteiger charge is -2.31. The highest BCUT2D eigenvalue weighted by molar-refractivity contribution is 5.92. The Morgan fingerprint density at radius 1 is 1.30 bits per heavy atom. The molecule has 1 N–H and O–H groups in total. The van der Waals surface area contributed by atoms with Crippen LogP contribution < -0.4 is 0 Å². The summed E-state index contributed by atoms with van der Waals surface area (Å²) >= 11 is 0. The van der Waals surface area contributed by atoms with E-state index in [1.807, 2.05) is 11.0 Å². The van der Waals surface area contributed by atoms with Crippen molar-refractivity contribution >= 4 is 5.91 Å². The van der Waals surface area contributed by atoms with Gasteiger partial charge in [-0.1, -0.05) is 18.9 Å². The summed E-state index contributed by atoms with van der Waals surface area (Å²) in [4.78, 5) is 18.8. The standard InChI is InChI=1S/C18H22N2O3/c21-16(17-9-6-12-23-17)13-14-7-2-1-5-11-20(14)18(22)15-8-3-4-10-19-15/h3-4,6,8-10,12,14,16,21H,1-2,5,7,11,13H2. The normalized spacial score (nSPS) is 20.0. The van der Waals surface area contributed by atoms with Crippen LogP contribution in [0.25, 0.3) is 0 Å². The van der Waals surface area contributed by atoms with Crippen molar-refractivity contribution in [2.24, 2.45) is 0 Å². The van der Waals surface area contributed by atoms with Crippen molar-refractivity contribution in [1.82, 2.24) is 9.88 Å². The molecular formula is C18H22N2O3. The van der Waals surface area contributed by atoms with Gasteiger partial charge in [-0.3, -0.25) is 9.78 Å². The Kier molecular flexibility index (Phi) is 5.08. The predicted molar refractivity (Wildman–Crippen MR) is 85.8 cm³/mol. The van der Waals surface area contributed by atoms with Gasteiger partial charge in [-0.15, -0.1) is 0 Å². The first-order valence-electron chi connectivity index (χ1n) is 8.19. The molecule has 1 aliphatic rings. The number of likely N-dealkylation sites (tertiary alicyclic amines) is 1. The monoisotopic (exact) mass is 314 g/mol. The molecular weight excluding hydrogens is 292 g/mol. The zero-order valence-electron chi connectivity index (χ0n) is 13.1. The molecule has 1 amide bonds. The minimum absolute atomic E-state index is 0.00658. The lowest BCUT2D eigenvalue weighted by molar-refractivity contribution is 0.0552. The molecule has 0 aliphatic carbocycles. The SMILES string of the molecule is O=C(c1ccccn1)N1CCCCCC1CC(O)c1ccco1. The van der Waals surface area contributed by atoms with Crippen LogP contribution >= 0.6 is 0 Å². The molecule has 0 aromatic carbocycles. The second-order valence-corrected chi connectivity index (χ2v) is 5.98. The van der Waals surface area contributed by atoms with Crippen LogP contribution in [0.15, 0.2) is 47.2 Å². The third-order valence-corrected chi connectivity index (χ3v) is 4.39. The predicted octanol–water partition coefficient (Wildman–Crippen LogP) is 3.18. The van der Waals surface area contributed by atoms with Crippen LogP contribution in [-0.4, -0.2) is 33.5 Å². The fourth-order valence-electron chi connectivity index (χ4n) is 3.18. The quantitative estimate of drug-likeness (QED) is 0.941. The summed E-state index contributed by atoms with van der Waals surface area (Å²) in [6.45, 7) is 0.713. The molecule has 3 heterocycles. The van der Waals surface area contributed by atoms with Crippen molar-refractivity contribution < 1.29 is 14.3 Å². The van der Waals surface area contributed by atoms with Gasteiger partial charge in [0.05, 0.1) is 6.26 Å². The molecule has 0 spiro atoms. The van der Waals surface area contributed by atoms with E-state index in [1.165, 1.54) is 0 Å². The summed E-state index contributed by atoms with van der Waals surface area (Å²) in [6.07, 6.45) is 7.07. The summed E-state index contributed by atoms with van der Waals surface area (Å²) in [5.74, 6) is 0.503. The van der Waals surface area contributed by atoms with E-state index in [0.29, 0.717) is 24.4 Å². The van der Waals surface area contributed by atoms with E-state index >= 15 is 0 Å². The van der Waals surface area contributed by atoms with Gasteiger partial charge < -0.3 is 14.4 Å². The topological polar surface area (TPSA) is 66.6 Å². The number of amides is 1. The minimum Gasteiger partial charge on any atom is -0.467 e. The number of rotatable bonds is 4. The largest absolute Gasteiger partial charge is 0.467 e. The van der Waals surface area contributed by atoms with Crippen LogP contribution in [0.2, 0.25) is 0 Å². The number of aliphatic hydroxyl groups is 1. The Morgan fingerprint density at radius 2 is 2.22 bits per heavy atom. The number of furan rings is 1. The maximum atomic E-state index is 12.8. The van der Waals surface area contributed by atoms with Gasteiger partial charge in [0.25, 0.3) is 5.91 Å². The van der Waals surface area contributed by atoms with Crippen molar-refractivity contribution in [3.8, 4) is 0 Å². The molecule has 1 fully saturated rings. The van der Waals surface area contributed by atoms with Gasteiger partial charge in [0.1, 0.15) is 17.6 Å². The molecule has 2 aromatic rings. The number of aromatic nitrogens is 1. The Bertz CT molecular complexity index is 612. The zero-order chi connectivity index (χ0) is 16.1. The molecule has 2 atom stereocenters. The summed E-state index contributed by atoms with van der Waals surface area (Å²) in [5.41, 5.74) is 0.465. The first-order valence-corrected chi connectivity index (χ1v) is 8.19. The Hall–Kier alpha value is -2.14. The first kappa shape index (κ1) is 15.7. The van der Waals surface area contributed by atoms with E-state index in [1.54, 1.807) is 36.7 Å². The molecule has 23 heavy (non-hydrogen) atoms. The van der Waals surface area contributed by atoms with Crippen LogP contribution in [0.4, 0.5) is 0 Å². The molecule has 3 rings (SSSR count). The molecule has 122 valence electrons. The summed E-state index contributed by atoms with van der Waals surface area (Å²) in [7, 11) is 0. The van der Waals surface area contributed by atoms with Crippen LogP contribution in [0.5, 0.6) is 0 Å². The van der Waals surface area contributed by atoms with Gasteiger partial charge in [0.15, 0.2) is 0 Å². The average molecular weight is 314 g/mol. The third kappa shape index (κ3) is 3.79. The van der Waals surface area contributed by atoms with Crippen molar-refractivity contribution in [2.75, 3.05) is 6.54 Å². The van der Waals surface area contributed by atoms with Gasteiger partial charge >= 0.3 is 0 Å². The maximum Gasteiger partial charge on any atom is 0.272 e. The first-order chi connectivity index (χ1) is 11.3. The molecule has 5 heteroatoms. The fraction of sp³-hybridized carbons (Fsp3) is 0.444. The average Bonchev–Trinajstić information content (AvgIpc) is 3.03. The van der Waals surface area contributed by atoms with Gasteiger partial charge in [0, 0.05) is 25.2 Å². The molecule has 1 aliphatic heterocycles. The number of hydrogen-bond acceptors (Lipinski definition) is 4. The highest BCUT2D eigenvalue weighted by Crippen LogP contribution is 2.27. The van der Waals surface area contributed by atoms with Gasteiger partial charge in [0.2, 0.25) is 0 Å². The van der Waals surface area contributed by atoms with E-state index in [2.05, 4.69) is 4.98 Å². The second kappa shape index (κ2) is 7.42. The van der Waals surface area contributed by atoms with Gasteiger partial charge in [-0.05, 0) is 37.1 Å². The molecule has 2 aromatic heterocycles. The van der Waals surface area contributed by atoms with Crippen LogP contribution in [-0.2, 0) is 0 Å². The number of aliphatic hydroxyl groups excluding tert-OH is 1. The highest BCUT2D eigenvalue weighted by atomic mass is 16.4. The van der Waals surface area contributed by atoms with Crippen LogP contribution in [0, 0.1) is 0 Å². The van der Waals surface area contributed by atoms with Crippen molar-refractivity contribution in [2.45, 2.75) is 44.2 Å². The molecule has 0 bridgehead atoms. The second-order valence-electron chi connectivity index (χ2n) is 5.98. The van der Waals surface area contributed by atoms with E-state index in [-0.39, 0.29) is 11.9 Å². The van der Waals surface area contributed by atoms with Crippen LogP contribution in [0.3, 0.4) is 0 Å². The molecule has 0 saturated carbocycles. The number of hydrogen-bond donors (Lipinski definition) is 1. The Labute approximate surface area is 135 Å². The molecule has 0 radical (unpaired) electrons. The lowest BCUT2D eigenvalue weighted by Crippen LogP contribution is -2.41. The van der Waals surface area contributed by atoms with Gasteiger partial charge in [-0.2, -0.15) is 0 Å². The number of carbonyl (C=O) groups is 1. The third-order valence-electron chi connectivity index (χ3n) is 4.39. The van der Waals surface area contributed by atoms with Crippen molar-refractivity contribution in [1.29, 1.82) is 0 Å².